The van der Waals surface area contributed by atoms with Gasteiger partial charge in [0, 0.05) is 13.1 Å². The van der Waals surface area contributed by atoms with Gasteiger partial charge < -0.3 is 10.6 Å². The Bertz CT molecular complexity index is 189. The van der Waals surface area contributed by atoms with Crippen LogP contribution in [0.3, 0.4) is 0 Å². The Kier molecular flexibility index (Phi) is 5.34. The second-order valence-corrected chi connectivity index (χ2v) is 2.87. The molecule has 0 aromatic heterocycles. The van der Waals surface area contributed by atoms with Gasteiger partial charge in [0.1, 0.15) is 6.54 Å². The van der Waals surface area contributed by atoms with Crippen molar-refractivity contribution in [1.29, 1.82) is 0 Å². The molecule has 0 rings (SSSR count). The van der Waals surface area contributed by atoms with Gasteiger partial charge in [0.2, 0.25) is 0 Å². The van der Waals surface area contributed by atoms with E-state index in [2.05, 4.69) is 4.99 Å². The number of alkyl halides is 3. The average molecular weight is 211 g/mol. The van der Waals surface area contributed by atoms with Gasteiger partial charge in [-0.15, -0.1) is 0 Å². The molecule has 0 unspecified atom stereocenters. The number of hydrogen-bond donors (Lipinski definition) is 1. The zero-order chi connectivity index (χ0) is 11.2. The first-order valence-electron chi connectivity index (χ1n) is 4.52. The Hall–Kier alpha value is -0.940. The molecule has 0 heterocycles. The van der Waals surface area contributed by atoms with Gasteiger partial charge in [-0.05, 0) is 13.3 Å². The molecule has 3 nitrogen and oxygen atoms in total. The number of hydrogen-bond acceptors (Lipinski definition) is 1. The summed E-state index contributed by atoms with van der Waals surface area (Å²) in [5.41, 5.74) is 5.40. The third-order valence-corrected chi connectivity index (χ3v) is 1.51. The van der Waals surface area contributed by atoms with Gasteiger partial charge in [-0.25, -0.2) is 0 Å². The largest absolute Gasteiger partial charge is 0.406 e. The normalized spacial score (nSPS) is 13.1. The van der Waals surface area contributed by atoms with E-state index in [4.69, 9.17) is 5.73 Å². The predicted octanol–water partition coefficient (Wildman–Crippen LogP) is 1.60. The van der Waals surface area contributed by atoms with Gasteiger partial charge in [-0.1, -0.05) is 6.92 Å². The lowest BCUT2D eigenvalue weighted by molar-refractivity contribution is -0.138. The van der Waals surface area contributed by atoms with Gasteiger partial charge in [0.05, 0.1) is 0 Å². The van der Waals surface area contributed by atoms with E-state index < -0.39 is 12.7 Å². The topological polar surface area (TPSA) is 41.6 Å². The van der Waals surface area contributed by atoms with Crippen molar-refractivity contribution in [2.24, 2.45) is 10.7 Å². The molecule has 0 spiro atoms. The maximum absolute atomic E-state index is 12.1. The first kappa shape index (κ1) is 13.1. The average Bonchev–Trinajstić information content (AvgIpc) is 2.01. The number of nitrogens with two attached hydrogens (primary N) is 1. The van der Waals surface area contributed by atoms with Crippen molar-refractivity contribution in [3.8, 4) is 0 Å². The molecule has 0 aromatic rings. The highest BCUT2D eigenvalue weighted by Gasteiger charge is 2.31. The summed E-state index contributed by atoms with van der Waals surface area (Å²) < 4.78 is 36.2. The first-order chi connectivity index (χ1) is 6.40. The van der Waals surface area contributed by atoms with E-state index >= 15 is 0 Å². The molecule has 0 atom stereocenters. The minimum Gasteiger partial charge on any atom is -0.370 e. The fourth-order valence-electron chi connectivity index (χ4n) is 1.02. The van der Waals surface area contributed by atoms with Crippen molar-refractivity contribution in [3.63, 3.8) is 0 Å². The molecule has 14 heavy (non-hydrogen) atoms. The van der Waals surface area contributed by atoms with E-state index in [0.717, 1.165) is 4.90 Å². The van der Waals surface area contributed by atoms with Crippen LogP contribution in [0, 0.1) is 0 Å². The van der Waals surface area contributed by atoms with Crippen molar-refractivity contribution in [3.05, 3.63) is 0 Å². The summed E-state index contributed by atoms with van der Waals surface area (Å²) in [4.78, 5) is 4.79. The molecule has 0 saturated carbocycles. The summed E-state index contributed by atoms with van der Waals surface area (Å²) in [6.07, 6.45) is -3.63. The monoisotopic (exact) mass is 211 g/mol. The molecule has 0 fully saturated rings. The van der Waals surface area contributed by atoms with E-state index in [1.165, 1.54) is 0 Å². The van der Waals surface area contributed by atoms with Crippen LogP contribution in [0.1, 0.15) is 20.3 Å². The molecule has 0 aliphatic carbocycles. The standard InChI is InChI=1S/C8H16F3N3/c1-3-5-14(6-8(9,10)11)7(12)13-4-2/h3-6H2,1-2H3,(H2,12,13). The molecule has 0 radical (unpaired) electrons. The summed E-state index contributed by atoms with van der Waals surface area (Å²) in [5.74, 6) is -0.0355. The summed E-state index contributed by atoms with van der Waals surface area (Å²) in [6.45, 7) is 3.15. The van der Waals surface area contributed by atoms with Crippen molar-refractivity contribution in [2.75, 3.05) is 19.6 Å². The summed E-state index contributed by atoms with van der Waals surface area (Å²) in [7, 11) is 0. The van der Waals surface area contributed by atoms with Crippen LogP contribution < -0.4 is 5.73 Å². The van der Waals surface area contributed by atoms with Gasteiger partial charge in [0.15, 0.2) is 5.96 Å². The maximum Gasteiger partial charge on any atom is 0.406 e. The number of nitrogens with zero attached hydrogens (tertiary/aromatic N) is 2. The quantitative estimate of drug-likeness (QED) is 0.566. The molecule has 2 N–H and O–H groups in total. The SMILES string of the molecule is CCCN(CC(F)(F)F)C(N)=NCC. The lowest BCUT2D eigenvalue weighted by Gasteiger charge is -2.24. The van der Waals surface area contributed by atoms with E-state index in [-0.39, 0.29) is 12.5 Å². The number of rotatable bonds is 4. The van der Waals surface area contributed by atoms with E-state index in [1.54, 1.807) is 13.8 Å². The molecule has 6 heteroatoms. The Morgan fingerprint density at radius 1 is 1.36 bits per heavy atom. The van der Waals surface area contributed by atoms with Gasteiger partial charge in [-0.3, -0.25) is 4.99 Å². The third kappa shape index (κ3) is 5.66. The zero-order valence-electron chi connectivity index (χ0n) is 8.43. The van der Waals surface area contributed by atoms with Crippen molar-refractivity contribution in [1.82, 2.24) is 4.90 Å². The number of aliphatic imine (C=N–C) groups is 1. The Morgan fingerprint density at radius 3 is 2.29 bits per heavy atom. The molecule has 0 aliphatic rings. The van der Waals surface area contributed by atoms with E-state index in [0.29, 0.717) is 13.0 Å². The summed E-state index contributed by atoms with van der Waals surface area (Å²) in [6, 6.07) is 0. The number of guanidine groups is 1. The summed E-state index contributed by atoms with van der Waals surface area (Å²) >= 11 is 0. The fraction of sp³-hybridized carbons (Fsp3) is 0.875. The van der Waals surface area contributed by atoms with Gasteiger partial charge >= 0.3 is 6.18 Å². The van der Waals surface area contributed by atoms with Gasteiger partial charge in [0.25, 0.3) is 0 Å². The first-order valence-corrected chi connectivity index (χ1v) is 4.52. The van der Waals surface area contributed by atoms with Crippen LogP contribution in [0.4, 0.5) is 13.2 Å². The summed E-state index contributed by atoms with van der Waals surface area (Å²) in [5, 5.41) is 0. The number of halogens is 3. The van der Waals surface area contributed by atoms with E-state index in [1.807, 2.05) is 0 Å². The second-order valence-electron chi connectivity index (χ2n) is 2.87. The Labute approximate surface area is 81.8 Å². The van der Waals surface area contributed by atoms with Crippen LogP contribution in [-0.4, -0.2) is 36.7 Å². The van der Waals surface area contributed by atoms with Crippen molar-refractivity contribution in [2.45, 2.75) is 26.4 Å². The molecule has 84 valence electrons. The fourth-order valence-corrected chi connectivity index (χ4v) is 1.02. The van der Waals surface area contributed by atoms with Crippen LogP contribution in [-0.2, 0) is 0 Å². The van der Waals surface area contributed by atoms with Crippen LogP contribution in [0.15, 0.2) is 4.99 Å². The van der Waals surface area contributed by atoms with Crippen LogP contribution in [0.5, 0.6) is 0 Å². The molecule has 0 aromatic carbocycles. The third-order valence-electron chi connectivity index (χ3n) is 1.51. The smallest absolute Gasteiger partial charge is 0.370 e. The van der Waals surface area contributed by atoms with Crippen LogP contribution in [0.2, 0.25) is 0 Å². The highest BCUT2D eigenvalue weighted by atomic mass is 19.4. The lowest BCUT2D eigenvalue weighted by atomic mass is 10.4. The second kappa shape index (κ2) is 5.72. The highest BCUT2D eigenvalue weighted by molar-refractivity contribution is 5.78. The molecule has 0 saturated heterocycles. The molecule has 0 bridgehead atoms. The molecular formula is C8H16F3N3. The molecule has 0 amide bonds. The molecule has 0 aliphatic heterocycles. The minimum absolute atomic E-state index is 0.0355. The predicted molar refractivity (Wildman–Crippen MR) is 50.1 cm³/mol. The van der Waals surface area contributed by atoms with Crippen LogP contribution in [0.25, 0.3) is 0 Å². The Balaban J connectivity index is 4.36. The highest BCUT2D eigenvalue weighted by Crippen LogP contribution is 2.16. The van der Waals surface area contributed by atoms with Crippen molar-refractivity contribution < 1.29 is 13.2 Å². The molecular weight excluding hydrogens is 195 g/mol. The zero-order valence-corrected chi connectivity index (χ0v) is 8.43. The van der Waals surface area contributed by atoms with Crippen LogP contribution >= 0.6 is 0 Å². The Morgan fingerprint density at radius 2 is 1.93 bits per heavy atom. The van der Waals surface area contributed by atoms with E-state index in [9.17, 15) is 13.2 Å². The van der Waals surface area contributed by atoms with Gasteiger partial charge in [-0.2, -0.15) is 13.2 Å². The minimum atomic E-state index is -4.23. The maximum atomic E-state index is 12.1. The van der Waals surface area contributed by atoms with Crippen molar-refractivity contribution >= 4 is 5.96 Å². The lowest BCUT2D eigenvalue weighted by Crippen LogP contribution is -2.43.